The number of nitrogens with zero attached hydrogens (tertiary/aromatic N) is 2. The van der Waals surface area contributed by atoms with Crippen molar-refractivity contribution in [3.8, 4) is 5.75 Å². The maximum absolute atomic E-state index is 5.32. The Morgan fingerprint density at radius 2 is 2.25 bits per heavy atom. The van der Waals surface area contributed by atoms with Crippen molar-refractivity contribution in [1.29, 1.82) is 0 Å². The Balaban J connectivity index is 2.29. The first-order valence-electron chi connectivity index (χ1n) is 4.70. The van der Waals surface area contributed by atoms with Crippen LogP contribution in [-0.4, -0.2) is 16.9 Å². The van der Waals surface area contributed by atoms with E-state index in [0.717, 1.165) is 19.5 Å². The summed E-state index contributed by atoms with van der Waals surface area (Å²) in [5, 5.41) is 4.34. The fraction of sp³-hybridized carbons (Fsp3) is 0.182. The fourth-order valence-electron chi connectivity index (χ4n) is 1.47. The van der Waals surface area contributed by atoms with Crippen LogP contribution >= 0.6 is 38.5 Å². The molecular formula is C11H10BrIN2O. The number of hydrogen-bond acceptors (Lipinski definition) is 2. The van der Waals surface area contributed by atoms with Crippen LogP contribution in [0.4, 0.5) is 0 Å². The molecule has 84 valence electrons. The zero-order valence-corrected chi connectivity index (χ0v) is 12.4. The average molecular weight is 393 g/mol. The smallest absolute Gasteiger partial charge is 0.124 e. The minimum Gasteiger partial charge on any atom is -0.496 e. The van der Waals surface area contributed by atoms with Crippen LogP contribution in [0.3, 0.4) is 0 Å². The van der Waals surface area contributed by atoms with E-state index in [0.29, 0.717) is 6.54 Å². The number of rotatable bonds is 3. The van der Waals surface area contributed by atoms with E-state index in [1.807, 2.05) is 35.1 Å². The van der Waals surface area contributed by atoms with E-state index >= 15 is 0 Å². The van der Waals surface area contributed by atoms with Crippen molar-refractivity contribution in [2.24, 2.45) is 0 Å². The molecule has 0 saturated heterocycles. The summed E-state index contributed by atoms with van der Waals surface area (Å²) in [4.78, 5) is 0. The minimum absolute atomic E-state index is 0.714. The van der Waals surface area contributed by atoms with Gasteiger partial charge in [0, 0.05) is 16.2 Å². The highest BCUT2D eigenvalue weighted by Crippen LogP contribution is 2.23. The van der Waals surface area contributed by atoms with E-state index in [9.17, 15) is 0 Å². The normalized spacial score (nSPS) is 10.4. The van der Waals surface area contributed by atoms with Gasteiger partial charge in [0.25, 0.3) is 0 Å². The predicted molar refractivity (Wildman–Crippen MR) is 74.7 cm³/mol. The highest BCUT2D eigenvalue weighted by atomic mass is 127. The van der Waals surface area contributed by atoms with Crippen molar-refractivity contribution in [2.45, 2.75) is 6.54 Å². The number of methoxy groups -OCH3 is 1. The maximum atomic E-state index is 5.32. The summed E-state index contributed by atoms with van der Waals surface area (Å²) in [7, 11) is 1.68. The Bertz CT molecular complexity index is 498. The molecule has 0 unspecified atom stereocenters. The molecule has 1 aromatic carbocycles. The van der Waals surface area contributed by atoms with Crippen LogP contribution in [0.5, 0.6) is 5.75 Å². The molecule has 0 aliphatic carbocycles. The molecule has 2 aromatic rings. The second-order valence-electron chi connectivity index (χ2n) is 3.29. The molecule has 2 rings (SSSR count). The van der Waals surface area contributed by atoms with E-state index in [1.165, 1.54) is 0 Å². The zero-order valence-electron chi connectivity index (χ0n) is 8.65. The number of halogens is 2. The lowest BCUT2D eigenvalue weighted by atomic mass is 10.2. The van der Waals surface area contributed by atoms with Gasteiger partial charge >= 0.3 is 0 Å². The zero-order chi connectivity index (χ0) is 11.5. The van der Waals surface area contributed by atoms with E-state index in [1.54, 1.807) is 7.11 Å². The molecule has 0 saturated carbocycles. The van der Waals surface area contributed by atoms with Crippen LogP contribution in [0.25, 0.3) is 0 Å². The van der Waals surface area contributed by atoms with Crippen molar-refractivity contribution in [1.82, 2.24) is 9.78 Å². The monoisotopic (exact) mass is 392 g/mol. The molecule has 0 aliphatic rings. The summed E-state index contributed by atoms with van der Waals surface area (Å²) >= 11 is 5.65. The van der Waals surface area contributed by atoms with Crippen LogP contribution in [0.15, 0.2) is 34.9 Å². The van der Waals surface area contributed by atoms with E-state index in [4.69, 9.17) is 4.74 Å². The van der Waals surface area contributed by atoms with Gasteiger partial charge in [-0.1, -0.05) is 15.9 Å². The van der Waals surface area contributed by atoms with E-state index in [2.05, 4.69) is 43.6 Å². The van der Waals surface area contributed by atoms with Crippen molar-refractivity contribution in [2.75, 3.05) is 7.11 Å². The second-order valence-corrected chi connectivity index (χ2v) is 5.31. The quantitative estimate of drug-likeness (QED) is 0.749. The molecule has 1 heterocycles. The summed E-state index contributed by atoms with van der Waals surface area (Å²) in [5.41, 5.74) is 1.11. The van der Waals surface area contributed by atoms with Crippen LogP contribution < -0.4 is 4.74 Å². The van der Waals surface area contributed by atoms with Crippen LogP contribution in [0, 0.1) is 3.70 Å². The van der Waals surface area contributed by atoms with Gasteiger partial charge < -0.3 is 4.74 Å². The van der Waals surface area contributed by atoms with Gasteiger partial charge in [-0.25, -0.2) is 0 Å². The van der Waals surface area contributed by atoms with Gasteiger partial charge in [0.05, 0.1) is 13.7 Å². The van der Waals surface area contributed by atoms with Crippen molar-refractivity contribution in [3.63, 3.8) is 0 Å². The van der Waals surface area contributed by atoms with Gasteiger partial charge in [-0.15, -0.1) is 0 Å². The lowest BCUT2D eigenvalue weighted by Gasteiger charge is -2.08. The average Bonchev–Trinajstić information content (AvgIpc) is 2.64. The molecule has 0 spiro atoms. The molecular weight excluding hydrogens is 383 g/mol. The Kier molecular flexibility index (Phi) is 3.86. The first-order chi connectivity index (χ1) is 7.69. The molecule has 0 bridgehead atoms. The predicted octanol–water partition coefficient (Wildman–Crippen LogP) is 3.31. The minimum atomic E-state index is 0.714. The maximum Gasteiger partial charge on any atom is 0.124 e. The summed E-state index contributed by atoms with van der Waals surface area (Å²) in [6.45, 7) is 0.714. The molecule has 5 heteroatoms. The van der Waals surface area contributed by atoms with Crippen molar-refractivity contribution >= 4 is 38.5 Å². The van der Waals surface area contributed by atoms with Gasteiger partial charge in [0.15, 0.2) is 0 Å². The fourth-order valence-corrected chi connectivity index (χ4v) is 2.32. The highest BCUT2D eigenvalue weighted by Gasteiger charge is 2.05. The van der Waals surface area contributed by atoms with Gasteiger partial charge in [-0.3, -0.25) is 4.68 Å². The topological polar surface area (TPSA) is 27.1 Å². The van der Waals surface area contributed by atoms with Crippen molar-refractivity contribution < 1.29 is 4.74 Å². The second kappa shape index (κ2) is 5.18. The first kappa shape index (κ1) is 11.9. The van der Waals surface area contributed by atoms with Gasteiger partial charge in [-0.2, -0.15) is 5.10 Å². The third-order valence-corrected chi connectivity index (χ3v) is 3.25. The lowest BCUT2D eigenvalue weighted by Crippen LogP contribution is -2.02. The van der Waals surface area contributed by atoms with Crippen molar-refractivity contribution in [3.05, 3.63) is 44.2 Å². The van der Waals surface area contributed by atoms with Gasteiger partial charge in [0.2, 0.25) is 0 Å². The molecule has 0 radical (unpaired) electrons. The SMILES string of the molecule is COc1ccc(Br)cc1Cn1ccc(I)n1. The van der Waals surface area contributed by atoms with E-state index in [-0.39, 0.29) is 0 Å². The molecule has 0 N–H and O–H groups in total. The van der Waals surface area contributed by atoms with Crippen LogP contribution in [0.1, 0.15) is 5.56 Å². The Morgan fingerprint density at radius 3 is 2.88 bits per heavy atom. The number of hydrogen-bond donors (Lipinski definition) is 0. The molecule has 1 aromatic heterocycles. The van der Waals surface area contributed by atoms with Crippen LogP contribution in [-0.2, 0) is 6.54 Å². The Hall–Kier alpha value is -0.560. The number of aromatic nitrogens is 2. The summed E-state index contributed by atoms with van der Waals surface area (Å²) in [5.74, 6) is 0.883. The number of benzene rings is 1. The molecule has 0 aliphatic heterocycles. The molecule has 0 fully saturated rings. The Labute approximate surface area is 116 Å². The molecule has 3 nitrogen and oxygen atoms in total. The lowest BCUT2D eigenvalue weighted by molar-refractivity contribution is 0.407. The third-order valence-electron chi connectivity index (χ3n) is 2.18. The Morgan fingerprint density at radius 1 is 1.44 bits per heavy atom. The van der Waals surface area contributed by atoms with E-state index < -0.39 is 0 Å². The third kappa shape index (κ3) is 2.76. The van der Waals surface area contributed by atoms with Crippen LogP contribution in [0.2, 0.25) is 0 Å². The number of ether oxygens (including phenoxy) is 1. The summed E-state index contributed by atoms with van der Waals surface area (Å²) in [6.07, 6.45) is 1.96. The standard InChI is InChI=1S/C11H10BrIN2O/c1-16-10-3-2-9(12)6-8(10)7-15-5-4-11(13)14-15/h2-6H,7H2,1H3. The molecule has 16 heavy (non-hydrogen) atoms. The molecule has 0 amide bonds. The first-order valence-corrected chi connectivity index (χ1v) is 6.57. The van der Waals surface area contributed by atoms with Gasteiger partial charge in [-0.05, 0) is 46.9 Å². The van der Waals surface area contributed by atoms with Gasteiger partial charge in [0.1, 0.15) is 9.45 Å². The summed E-state index contributed by atoms with van der Waals surface area (Å²) < 4.78 is 9.25. The molecule has 0 atom stereocenters. The highest BCUT2D eigenvalue weighted by molar-refractivity contribution is 14.1. The summed E-state index contributed by atoms with van der Waals surface area (Å²) in [6, 6.07) is 7.95. The largest absolute Gasteiger partial charge is 0.496 e.